The molecule has 1 fully saturated rings. The van der Waals surface area contributed by atoms with Crippen LogP contribution in [-0.4, -0.2) is 30.6 Å². The molecule has 1 saturated heterocycles. The molecule has 0 aliphatic carbocycles. The van der Waals surface area contributed by atoms with Crippen molar-refractivity contribution >= 4 is 26.9 Å². The predicted octanol–water partition coefficient (Wildman–Crippen LogP) is 2.74. The molecule has 0 spiro atoms. The topological polar surface area (TPSA) is 45.5 Å². The number of hydrogen-bond donors (Lipinski definition) is 1. The minimum Gasteiger partial charge on any atom is -0.423 e. The van der Waals surface area contributed by atoms with Gasteiger partial charge in [0.05, 0.1) is 0 Å². The van der Waals surface area contributed by atoms with Gasteiger partial charge in [0.1, 0.15) is 5.58 Å². The van der Waals surface area contributed by atoms with E-state index in [-0.39, 0.29) is 5.63 Å². The Hall–Kier alpha value is -1.17. The van der Waals surface area contributed by atoms with Crippen molar-refractivity contribution in [3.05, 3.63) is 44.7 Å². The largest absolute Gasteiger partial charge is 0.423 e. The highest BCUT2D eigenvalue weighted by molar-refractivity contribution is 9.10. The first-order valence-corrected chi connectivity index (χ1v) is 8.13. The molecule has 1 aromatic carbocycles. The molecule has 0 amide bonds. The molecule has 0 radical (unpaired) electrons. The van der Waals surface area contributed by atoms with E-state index in [1.165, 1.54) is 0 Å². The second kappa shape index (κ2) is 6.30. The van der Waals surface area contributed by atoms with Gasteiger partial charge in [-0.15, -0.1) is 0 Å². The molecule has 1 aliphatic rings. The molecule has 5 heteroatoms. The second-order valence-electron chi connectivity index (χ2n) is 5.51. The summed E-state index contributed by atoms with van der Waals surface area (Å²) >= 11 is 3.42. The monoisotopic (exact) mass is 350 g/mol. The van der Waals surface area contributed by atoms with Crippen LogP contribution in [0.4, 0.5) is 0 Å². The average molecular weight is 351 g/mol. The van der Waals surface area contributed by atoms with Gasteiger partial charge in [0.15, 0.2) is 0 Å². The molecule has 3 rings (SSSR count). The summed E-state index contributed by atoms with van der Waals surface area (Å²) < 4.78 is 6.23. The Labute approximate surface area is 132 Å². The lowest BCUT2D eigenvalue weighted by molar-refractivity contribution is 0.138. The van der Waals surface area contributed by atoms with Crippen molar-refractivity contribution in [2.45, 2.75) is 25.9 Å². The molecule has 1 N–H and O–H groups in total. The van der Waals surface area contributed by atoms with E-state index < -0.39 is 0 Å². The van der Waals surface area contributed by atoms with Crippen LogP contribution in [0.5, 0.6) is 0 Å². The zero-order chi connectivity index (χ0) is 14.8. The van der Waals surface area contributed by atoms with Crippen molar-refractivity contribution in [2.75, 3.05) is 19.6 Å². The SMILES string of the molecule is CCCN(Cc1cc(=O)oc2cc(Br)ccc12)C1CNC1. The minimum absolute atomic E-state index is 0.279. The predicted molar refractivity (Wildman–Crippen MR) is 87.5 cm³/mol. The molecular formula is C16H19BrN2O2. The third-order valence-electron chi connectivity index (χ3n) is 3.95. The summed E-state index contributed by atoms with van der Waals surface area (Å²) in [6.07, 6.45) is 1.11. The Morgan fingerprint density at radius 3 is 2.86 bits per heavy atom. The number of benzene rings is 1. The van der Waals surface area contributed by atoms with E-state index in [0.717, 1.165) is 48.0 Å². The average Bonchev–Trinajstić information content (AvgIpc) is 2.36. The molecule has 2 heterocycles. The summed E-state index contributed by atoms with van der Waals surface area (Å²) in [6.45, 7) is 6.10. The third-order valence-corrected chi connectivity index (χ3v) is 4.45. The fourth-order valence-corrected chi connectivity index (χ4v) is 3.10. The van der Waals surface area contributed by atoms with Crippen LogP contribution in [0.1, 0.15) is 18.9 Å². The van der Waals surface area contributed by atoms with E-state index in [0.29, 0.717) is 11.6 Å². The van der Waals surface area contributed by atoms with E-state index in [1.54, 1.807) is 6.07 Å². The molecule has 0 atom stereocenters. The van der Waals surface area contributed by atoms with Crippen LogP contribution in [-0.2, 0) is 6.54 Å². The zero-order valence-electron chi connectivity index (χ0n) is 12.1. The number of rotatable bonds is 5. The van der Waals surface area contributed by atoms with Gasteiger partial charge in [-0.2, -0.15) is 0 Å². The van der Waals surface area contributed by atoms with Crippen molar-refractivity contribution in [1.29, 1.82) is 0 Å². The van der Waals surface area contributed by atoms with Crippen LogP contribution in [0.2, 0.25) is 0 Å². The number of nitrogens with zero attached hydrogens (tertiary/aromatic N) is 1. The van der Waals surface area contributed by atoms with E-state index >= 15 is 0 Å². The highest BCUT2D eigenvalue weighted by Crippen LogP contribution is 2.23. The molecule has 4 nitrogen and oxygen atoms in total. The number of fused-ring (bicyclic) bond motifs is 1. The van der Waals surface area contributed by atoms with Crippen molar-refractivity contribution in [1.82, 2.24) is 10.2 Å². The molecular weight excluding hydrogens is 332 g/mol. The van der Waals surface area contributed by atoms with Gasteiger partial charge in [0, 0.05) is 41.6 Å². The van der Waals surface area contributed by atoms with Gasteiger partial charge >= 0.3 is 5.63 Å². The van der Waals surface area contributed by atoms with Gasteiger partial charge in [0.25, 0.3) is 0 Å². The summed E-state index contributed by atoms with van der Waals surface area (Å²) in [5.41, 5.74) is 1.42. The fraction of sp³-hybridized carbons (Fsp3) is 0.438. The van der Waals surface area contributed by atoms with Crippen LogP contribution in [0.25, 0.3) is 11.0 Å². The molecule has 2 aromatic rings. The Kier molecular flexibility index (Phi) is 4.42. The number of hydrogen-bond acceptors (Lipinski definition) is 4. The first kappa shape index (κ1) is 14.8. The maximum atomic E-state index is 11.8. The third kappa shape index (κ3) is 3.20. The molecule has 1 aliphatic heterocycles. The van der Waals surface area contributed by atoms with Crippen LogP contribution < -0.4 is 10.9 Å². The first-order chi connectivity index (χ1) is 10.2. The maximum absolute atomic E-state index is 11.8. The summed E-state index contributed by atoms with van der Waals surface area (Å²) in [6, 6.07) is 8.06. The van der Waals surface area contributed by atoms with Crippen molar-refractivity contribution < 1.29 is 4.42 Å². The molecule has 21 heavy (non-hydrogen) atoms. The Morgan fingerprint density at radius 2 is 2.19 bits per heavy atom. The molecule has 0 unspecified atom stereocenters. The standard InChI is InChI=1S/C16H19BrN2O2/c1-2-5-19(13-8-18-9-13)10-11-6-16(20)21-15-7-12(17)3-4-14(11)15/h3-4,6-7,13,18H,2,5,8-10H2,1H3. The Bertz CT molecular complexity index is 694. The maximum Gasteiger partial charge on any atom is 0.336 e. The lowest BCUT2D eigenvalue weighted by Crippen LogP contribution is -2.57. The fourth-order valence-electron chi connectivity index (χ4n) is 2.76. The van der Waals surface area contributed by atoms with Gasteiger partial charge < -0.3 is 9.73 Å². The summed E-state index contributed by atoms with van der Waals surface area (Å²) in [7, 11) is 0. The first-order valence-electron chi connectivity index (χ1n) is 7.34. The minimum atomic E-state index is -0.279. The number of nitrogens with one attached hydrogen (secondary N) is 1. The van der Waals surface area contributed by atoms with Gasteiger partial charge in [-0.3, -0.25) is 4.90 Å². The zero-order valence-corrected chi connectivity index (χ0v) is 13.6. The Morgan fingerprint density at radius 1 is 1.38 bits per heavy atom. The normalized spacial score (nSPS) is 15.6. The molecule has 0 saturated carbocycles. The van der Waals surface area contributed by atoms with Gasteiger partial charge in [-0.25, -0.2) is 4.79 Å². The van der Waals surface area contributed by atoms with Crippen LogP contribution >= 0.6 is 15.9 Å². The van der Waals surface area contributed by atoms with Gasteiger partial charge in [0.2, 0.25) is 0 Å². The molecule has 112 valence electrons. The van der Waals surface area contributed by atoms with Crippen molar-refractivity contribution in [2.24, 2.45) is 0 Å². The second-order valence-corrected chi connectivity index (χ2v) is 6.43. The highest BCUT2D eigenvalue weighted by Gasteiger charge is 2.24. The van der Waals surface area contributed by atoms with Gasteiger partial charge in [-0.1, -0.05) is 22.9 Å². The van der Waals surface area contributed by atoms with E-state index in [9.17, 15) is 4.79 Å². The lowest BCUT2D eigenvalue weighted by Gasteiger charge is -2.38. The van der Waals surface area contributed by atoms with Crippen LogP contribution in [0.15, 0.2) is 37.9 Å². The molecule has 1 aromatic heterocycles. The number of halogens is 1. The molecule has 0 bridgehead atoms. The summed E-state index contributed by atoms with van der Waals surface area (Å²) in [5.74, 6) is 0. The quantitative estimate of drug-likeness (QED) is 0.842. The van der Waals surface area contributed by atoms with Crippen molar-refractivity contribution in [3.63, 3.8) is 0 Å². The highest BCUT2D eigenvalue weighted by atomic mass is 79.9. The van der Waals surface area contributed by atoms with E-state index in [4.69, 9.17) is 4.42 Å². The smallest absolute Gasteiger partial charge is 0.336 e. The lowest BCUT2D eigenvalue weighted by atomic mass is 10.1. The Balaban J connectivity index is 1.96. The van der Waals surface area contributed by atoms with E-state index in [1.807, 2.05) is 18.2 Å². The summed E-state index contributed by atoms with van der Waals surface area (Å²) in [5, 5.41) is 4.33. The van der Waals surface area contributed by atoms with E-state index in [2.05, 4.69) is 33.1 Å². The van der Waals surface area contributed by atoms with Crippen molar-refractivity contribution in [3.8, 4) is 0 Å². The van der Waals surface area contributed by atoms with Crippen LogP contribution in [0, 0.1) is 0 Å². The van der Waals surface area contributed by atoms with Gasteiger partial charge in [-0.05, 0) is 36.7 Å². The van der Waals surface area contributed by atoms with Crippen LogP contribution in [0.3, 0.4) is 0 Å². The summed E-state index contributed by atoms with van der Waals surface area (Å²) in [4.78, 5) is 14.2.